The smallest absolute Gasteiger partial charge is 0.339 e. The summed E-state index contributed by atoms with van der Waals surface area (Å²) in [5, 5.41) is 3.01. The maximum Gasteiger partial charge on any atom is 0.339 e. The van der Waals surface area contributed by atoms with Gasteiger partial charge in [-0.25, -0.2) is 4.79 Å². The molecule has 0 aromatic heterocycles. The molecule has 0 radical (unpaired) electrons. The molecule has 2 aromatic carbocycles. The van der Waals surface area contributed by atoms with Gasteiger partial charge in [0.1, 0.15) is 0 Å². The average Bonchev–Trinajstić information content (AvgIpc) is 2.66. The number of halogens is 1. The lowest BCUT2D eigenvalue weighted by atomic mass is 10.1. The normalized spacial score (nSPS) is 10.0. The lowest BCUT2D eigenvalue weighted by Crippen LogP contribution is -2.16. The molecule has 2 aromatic rings. The van der Waals surface area contributed by atoms with E-state index in [2.05, 4.69) is 5.32 Å². The minimum Gasteiger partial charge on any atom is -0.493 e. The van der Waals surface area contributed by atoms with Gasteiger partial charge in [-0.1, -0.05) is 11.6 Å². The average molecular weight is 380 g/mol. The summed E-state index contributed by atoms with van der Waals surface area (Å²) in [6.07, 6.45) is 0. The van der Waals surface area contributed by atoms with Crippen molar-refractivity contribution in [1.29, 1.82) is 0 Å². The SMILES string of the molecule is COC(=O)c1ccc(Cl)cc1NC(=O)c1cc(OC)c(OC)c(OC)c1. The highest BCUT2D eigenvalue weighted by Gasteiger charge is 2.19. The summed E-state index contributed by atoms with van der Waals surface area (Å²) in [5.74, 6) is -0.0596. The Labute approximate surface area is 155 Å². The van der Waals surface area contributed by atoms with Gasteiger partial charge in [0.2, 0.25) is 5.75 Å². The first-order valence-electron chi connectivity index (χ1n) is 7.44. The monoisotopic (exact) mass is 379 g/mol. The first-order valence-corrected chi connectivity index (χ1v) is 7.82. The number of carbonyl (C=O) groups is 2. The van der Waals surface area contributed by atoms with Crippen molar-refractivity contribution in [3.63, 3.8) is 0 Å². The Bertz CT molecular complexity index is 811. The highest BCUT2D eigenvalue weighted by atomic mass is 35.5. The number of anilines is 1. The van der Waals surface area contributed by atoms with Gasteiger partial charge in [-0.2, -0.15) is 0 Å². The first-order chi connectivity index (χ1) is 12.4. The fraction of sp³-hybridized carbons (Fsp3) is 0.222. The molecule has 138 valence electrons. The van der Waals surface area contributed by atoms with Gasteiger partial charge in [0.15, 0.2) is 11.5 Å². The van der Waals surface area contributed by atoms with E-state index in [9.17, 15) is 9.59 Å². The van der Waals surface area contributed by atoms with Crippen LogP contribution in [-0.4, -0.2) is 40.3 Å². The molecule has 0 aliphatic heterocycles. The van der Waals surface area contributed by atoms with E-state index in [1.807, 2.05) is 0 Å². The quantitative estimate of drug-likeness (QED) is 0.774. The van der Waals surface area contributed by atoms with E-state index in [0.717, 1.165) is 0 Å². The van der Waals surface area contributed by atoms with Gasteiger partial charge in [0.25, 0.3) is 5.91 Å². The predicted molar refractivity (Wildman–Crippen MR) is 96.8 cm³/mol. The van der Waals surface area contributed by atoms with Crippen molar-refractivity contribution in [3.8, 4) is 17.2 Å². The van der Waals surface area contributed by atoms with Crippen molar-refractivity contribution < 1.29 is 28.5 Å². The van der Waals surface area contributed by atoms with Crippen molar-refractivity contribution in [3.05, 3.63) is 46.5 Å². The molecule has 0 bridgehead atoms. The summed E-state index contributed by atoms with van der Waals surface area (Å²) in [4.78, 5) is 24.5. The van der Waals surface area contributed by atoms with Gasteiger partial charge in [-0.3, -0.25) is 4.79 Å². The number of methoxy groups -OCH3 is 4. The lowest BCUT2D eigenvalue weighted by Gasteiger charge is -2.15. The van der Waals surface area contributed by atoms with E-state index in [4.69, 9.17) is 30.5 Å². The second kappa shape index (κ2) is 8.44. The molecule has 0 saturated heterocycles. The van der Waals surface area contributed by atoms with Gasteiger partial charge in [-0.05, 0) is 30.3 Å². The summed E-state index contributed by atoms with van der Waals surface area (Å²) in [7, 11) is 5.62. The lowest BCUT2D eigenvalue weighted by molar-refractivity contribution is 0.0602. The van der Waals surface area contributed by atoms with E-state index in [-0.39, 0.29) is 16.8 Å². The van der Waals surface area contributed by atoms with Crippen LogP contribution in [0.25, 0.3) is 0 Å². The van der Waals surface area contributed by atoms with Gasteiger partial charge < -0.3 is 24.3 Å². The number of benzene rings is 2. The summed E-state index contributed by atoms with van der Waals surface area (Å²) < 4.78 is 20.4. The van der Waals surface area contributed by atoms with Crippen LogP contribution in [-0.2, 0) is 4.74 Å². The molecule has 7 nitrogen and oxygen atoms in total. The molecular weight excluding hydrogens is 362 g/mol. The van der Waals surface area contributed by atoms with Crippen LogP contribution in [0.4, 0.5) is 5.69 Å². The maximum atomic E-state index is 12.7. The fourth-order valence-corrected chi connectivity index (χ4v) is 2.49. The van der Waals surface area contributed by atoms with Crippen LogP contribution in [0.5, 0.6) is 17.2 Å². The van der Waals surface area contributed by atoms with Crippen molar-refractivity contribution in [1.82, 2.24) is 0 Å². The van der Waals surface area contributed by atoms with Gasteiger partial charge in [0, 0.05) is 10.6 Å². The largest absolute Gasteiger partial charge is 0.493 e. The molecule has 0 spiro atoms. The Morgan fingerprint density at radius 3 is 2.04 bits per heavy atom. The number of rotatable bonds is 6. The van der Waals surface area contributed by atoms with Crippen molar-refractivity contribution >= 4 is 29.2 Å². The van der Waals surface area contributed by atoms with E-state index in [1.54, 1.807) is 0 Å². The molecule has 8 heteroatoms. The molecule has 0 aliphatic rings. The zero-order valence-electron chi connectivity index (χ0n) is 14.7. The number of nitrogens with one attached hydrogen (secondary N) is 1. The fourth-order valence-electron chi connectivity index (χ4n) is 2.31. The standard InChI is InChI=1S/C18H18ClNO6/c1-23-14-7-10(8-15(24-2)16(14)25-3)17(21)20-13-9-11(19)5-6-12(13)18(22)26-4/h5-9H,1-4H3,(H,20,21). The van der Waals surface area contributed by atoms with E-state index in [1.165, 1.54) is 58.8 Å². The third-order valence-corrected chi connectivity index (χ3v) is 3.80. The Morgan fingerprint density at radius 1 is 0.923 bits per heavy atom. The molecule has 2 rings (SSSR count). The summed E-state index contributed by atoms with van der Waals surface area (Å²) in [6, 6.07) is 7.46. The third kappa shape index (κ3) is 4.00. The highest BCUT2D eigenvalue weighted by Crippen LogP contribution is 2.38. The van der Waals surface area contributed by atoms with Crippen LogP contribution in [0, 0.1) is 0 Å². The number of hydrogen-bond donors (Lipinski definition) is 1. The summed E-state index contributed by atoms with van der Waals surface area (Å²) >= 11 is 5.97. The molecule has 1 amide bonds. The topological polar surface area (TPSA) is 83.1 Å². The first kappa shape index (κ1) is 19.4. The maximum absolute atomic E-state index is 12.7. The molecule has 0 heterocycles. The molecule has 0 aliphatic carbocycles. The number of hydrogen-bond acceptors (Lipinski definition) is 6. The van der Waals surface area contributed by atoms with Crippen LogP contribution in [0.1, 0.15) is 20.7 Å². The second-order valence-corrected chi connectivity index (χ2v) is 5.49. The van der Waals surface area contributed by atoms with Crippen LogP contribution in [0.3, 0.4) is 0 Å². The number of amides is 1. The van der Waals surface area contributed by atoms with Crippen LogP contribution in [0.2, 0.25) is 5.02 Å². The second-order valence-electron chi connectivity index (χ2n) is 5.05. The Kier molecular flexibility index (Phi) is 6.30. The van der Waals surface area contributed by atoms with Crippen molar-refractivity contribution in [2.45, 2.75) is 0 Å². The molecule has 1 N–H and O–H groups in total. The highest BCUT2D eigenvalue weighted by molar-refractivity contribution is 6.31. The van der Waals surface area contributed by atoms with Crippen LogP contribution in [0.15, 0.2) is 30.3 Å². The van der Waals surface area contributed by atoms with Crippen LogP contribution < -0.4 is 19.5 Å². The Balaban J connectivity index is 2.42. The van der Waals surface area contributed by atoms with Crippen LogP contribution >= 0.6 is 11.6 Å². The summed E-state index contributed by atoms with van der Waals surface area (Å²) in [5.41, 5.74) is 0.649. The van der Waals surface area contributed by atoms with Crippen molar-refractivity contribution in [2.75, 3.05) is 33.8 Å². The molecular formula is C18H18ClNO6. The van der Waals surface area contributed by atoms with E-state index in [0.29, 0.717) is 22.3 Å². The minimum atomic E-state index is -0.596. The van der Waals surface area contributed by atoms with Gasteiger partial charge in [-0.15, -0.1) is 0 Å². The summed E-state index contributed by atoms with van der Waals surface area (Å²) in [6.45, 7) is 0. The predicted octanol–water partition coefficient (Wildman–Crippen LogP) is 3.40. The number of carbonyl (C=O) groups excluding carboxylic acids is 2. The zero-order chi connectivity index (χ0) is 19.3. The van der Waals surface area contributed by atoms with Gasteiger partial charge in [0.05, 0.1) is 39.7 Å². The molecule has 0 saturated carbocycles. The number of esters is 1. The molecule has 0 atom stereocenters. The van der Waals surface area contributed by atoms with Gasteiger partial charge >= 0.3 is 5.97 Å². The molecule has 0 fully saturated rings. The number of ether oxygens (including phenoxy) is 4. The zero-order valence-corrected chi connectivity index (χ0v) is 15.5. The Hall–Kier alpha value is -2.93. The minimum absolute atomic E-state index is 0.178. The van der Waals surface area contributed by atoms with E-state index >= 15 is 0 Å². The third-order valence-electron chi connectivity index (χ3n) is 3.56. The molecule has 0 unspecified atom stereocenters. The molecule has 26 heavy (non-hydrogen) atoms. The Morgan fingerprint density at radius 2 is 1.54 bits per heavy atom. The van der Waals surface area contributed by atoms with E-state index < -0.39 is 11.9 Å². The van der Waals surface area contributed by atoms with Crippen molar-refractivity contribution in [2.24, 2.45) is 0 Å².